The lowest BCUT2D eigenvalue weighted by Gasteiger charge is -2.13. The van der Waals surface area contributed by atoms with Crippen LogP contribution in [0.4, 0.5) is 11.4 Å². The summed E-state index contributed by atoms with van der Waals surface area (Å²) in [6.45, 7) is 4.04. The van der Waals surface area contributed by atoms with Gasteiger partial charge >= 0.3 is 0 Å². The number of rotatable bonds is 6. The van der Waals surface area contributed by atoms with Gasteiger partial charge in [0.1, 0.15) is 0 Å². The second-order valence-electron chi connectivity index (χ2n) is 7.68. The van der Waals surface area contributed by atoms with Gasteiger partial charge in [0.05, 0.1) is 16.2 Å². The number of carbonyl (C=O) groups is 1. The highest BCUT2D eigenvalue weighted by molar-refractivity contribution is 6.32. The zero-order valence-corrected chi connectivity index (χ0v) is 19.0. The number of benzene rings is 2. The monoisotopic (exact) mass is 448 g/mol. The van der Waals surface area contributed by atoms with E-state index in [0.717, 1.165) is 34.4 Å². The van der Waals surface area contributed by atoms with Gasteiger partial charge in [-0.2, -0.15) is 0 Å². The zero-order valence-electron chi connectivity index (χ0n) is 18.3. The van der Waals surface area contributed by atoms with E-state index in [4.69, 9.17) is 11.6 Å². The number of aryl methyl sites for hydroxylation is 2. The molecule has 0 saturated heterocycles. The van der Waals surface area contributed by atoms with Crippen molar-refractivity contribution in [2.45, 2.75) is 26.7 Å². The Hall–Kier alpha value is -3.51. The minimum absolute atomic E-state index is 0.0742. The van der Waals surface area contributed by atoms with Crippen molar-refractivity contribution in [2.24, 2.45) is 0 Å². The highest BCUT2D eigenvalue weighted by Crippen LogP contribution is 2.26. The normalized spacial score (nSPS) is 11.0. The summed E-state index contributed by atoms with van der Waals surface area (Å²) in [4.78, 5) is 25.4. The second kappa shape index (κ2) is 8.93. The molecule has 6 nitrogen and oxygen atoms in total. The van der Waals surface area contributed by atoms with E-state index in [1.165, 1.54) is 0 Å². The molecule has 2 heterocycles. The van der Waals surface area contributed by atoms with Gasteiger partial charge in [-0.3, -0.25) is 14.1 Å². The number of amides is 1. The number of hydrogen-bond donors (Lipinski definition) is 2. The van der Waals surface area contributed by atoms with Crippen molar-refractivity contribution in [3.8, 4) is 5.69 Å². The van der Waals surface area contributed by atoms with E-state index >= 15 is 0 Å². The van der Waals surface area contributed by atoms with Crippen molar-refractivity contribution in [2.75, 3.05) is 12.4 Å². The van der Waals surface area contributed by atoms with Crippen molar-refractivity contribution in [1.29, 1.82) is 0 Å². The molecule has 0 saturated carbocycles. The van der Waals surface area contributed by atoms with Gasteiger partial charge in [-0.1, -0.05) is 43.1 Å². The third kappa shape index (κ3) is 3.89. The second-order valence-corrected chi connectivity index (χ2v) is 8.08. The summed E-state index contributed by atoms with van der Waals surface area (Å²) in [5, 5.41) is 6.57. The third-order valence-electron chi connectivity index (χ3n) is 5.50. The molecular weight excluding hydrogens is 424 g/mol. The molecule has 164 valence electrons. The lowest BCUT2D eigenvalue weighted by atomic mass is 10.1. The molecule has 0 spiro atoms. The first kappa shape index (κ1) is 21.7. The Morgan fingerprint density at radius 3 is 2.59 bits per heavy atom. The fourth-order valence-electron chi connectivity index (χ4n) is 3.84. The minimum Gasteiger partial charge on any atom is -0.355 e. The maximum Gasteiger partial charge on any atom is 0.275 e. The number of carbonyl (C=O) groups excluding carboxylic acids is 1. The van der Waals surface area contributed by atoms with Gasteiger partial charge in [0.25, 0.3) is 11.5 Å². The van der Waals surface area contributed by atoms with Crippen LogP contribution in [0.5, 0.6) is 0 Å². The van der Waals surface area contributed by atoms with Gasteiger partial charge in [-0.05, 0) is 55.3 Å². The summed E-state index contributed by atoms with van der Waals surface area (Å²) in [7, 11) is 1.61. The molecule has 0 aliphatic carbocycles. The van der Waals surface area contributed by atoms with Crippen LogP contribution in [0.2, 0.25) is 5.02 Å². The highest BCUT2D eigenvalue weighted by atomic mass is 35.5. The van der Waals surface area contributed by atoms with Crippen molar-refractivity contribution in [3.63, 3.8) is 0 Å². The van der Waals surface area contributed by atoms with Crippen LogP contribution in [0.25, 0.3) is 11.2 Å². The van der Waals surface area contributed by atoms with E-state index in [1.54, 1.807) is 23.9 Å². The van der Waals surface area contributed by atoms with Crippen LogP contribution in [0.1, 0.15) is 34.8 Å². The molecule has 0 atom stereocenters. The number of nitrogens with zero attached hydrogens (tertiary/aromatic N) is 2. The largest absolute Gasteiger partial charge is 0.355 e. The van der Waals surface area contributed by atoms with Gasteiger partial charge < -0.3 is 10.6 Å². The predicted molar refractivity (Wildman–Crippen MR) is 130 cm³/mol. The van der Waals surface area contributed by atoms with Crippen LogP contribution in [0.15, 0.2) is 65.6 Å². The third-order valence-corrected chi connectivity index (χ3v) is 5.82. The summed E-state index contributed by atoms with van der Waals surface area (Å²) in [6, 6.07) is 16.7. The van der Waals surface area contributed by atoms with Crippen molar-refractivity contribution in [3.05, 3.63) is 92.9 Å². The maximum absolute atomic E-state index is 13.3. The highest BCUT2D eigenvalue weighted by Gasteiger charge is 2.17. The fourth-order valence-corrected chi connectivity index (χ4v) is 4.05. The van der Waals surface area contributed by atoms with Crippen molar-refractivity contribution >= 4 is 34.4 Å². The Bertz CT molecular complexity index is 1370. The molecular formula is C25H25ClN4O2. The molecule has 0 radical (unpaired) electrons. The molecule has 4 aromatic rings. The lowest BCUT2D eigenvalue weighted by molar-refractivity contribution is 0.0963. The van der Waals surface area contributed by atoms with Crippen LogP contribution in [0.3, 0.4) is 0 Å². The molecule has 1 amide bonds. The Morgan fingerprint density at radius 1 is 1.09 bits per heavy atom. The number of aromatic nitrogens is 2. The first-order valence-electron chi connectivity index (χ1n) is 10.6. The van der Waals surface area contributed by atoms with E-state index in [-0.39, 0.29) is 11.5 Å². The quantitative estimate of drug-likeness (QED) is 0.431. The smallest absolute Gasteiger partial charge is 0.275 e. The van der Waals surface area contributed by atoms with Crippen LogP contribution >= 0.6 is 11.6 Å². The van der Waals surface area contributed by atoms with Gasteiger partial charge in [0, 0.05) is 35.7 Å². The molecule has 0 aliphatic rings. The summed E-state index contributed by atoms with van der Waals surface area (Å²) < 4.78 is 3.46. The Morgan fingerprint density at radius 2 is 1.88 bits per heavy atom. The van der Waals surface area contributed by atoms with Crippen LogP contribution in [-0.4, -0.2) is 22.2 Å². The molecule has 2 aromatic carbocycles. The van der Waals surface area contributed by atoms with E-state index in [1.807, 2.05) is 60.1 Å². The summed E-state index contributed by atoms with van der Waals surface area (Å²) in [5.41, 5.74) is 5.39. The van der Waals surface area contributed by atoms with E-state index in [9.17, 15) is 9.59 Å². The van der Waals surface area contributed by atoms with Gasteiger partial charge in [0.15, 0.2) is 0 Å². The number of anilines is 2. The number of fused-ring (bicyclic) bond motifs is 1. The molecule has 7 heteroatoms. The Balaban J connectivity index is 1.83. The van der Waals surface area contributed by atoms with E-state index in [2.05, 4.69) is 17.6 Å². The fraction of sp³-hybridized carbons (Fsp3) is 0.200. The molecule has 32 heavy (non-hydrogen) atoms. The summed E-state index contributed by atoms with van der Waals surface area (Å²) in [5.74, 6) is -0.142. The first-order chi connectivity index (χ1) is 15.4. The van der Waals surface area contributed by atoms with Gasteiger partial charge in [-0.15, -0.1) is 0 Å². The van der Waals surface area contributed by atoms with Crippen molar-refractivity contribution in [1.82, 2.24) is 14.5 Å². The summed E-state index contributed by atoms with van der Waals surface area (Å²) >= 11 is 6.41. The molecule has 0 fully saturated rings. The number of hydrogen-bond acceptors (Lipinski definition) is 3. The number of nitrogens with one attached hydrogen (secondary N) is 2. The first-order valence-corrected chi connectivity index (χ1v) is 10.9. The molecule has 4 rings (SSSR count). The predicted octanol–water partition coefficient (Wildman–Crippen LogP) is 5.11. The standard InChI is InChI=1S/C25H25ClN4O2/c1-4-7-19-23-15-18(28-21-14-17(24(31)27-3)11-10-16(21)2)12-13-29(23)30(25(19)32)22-9-6-5-8-20(22)26/h5-6,8-15,28H,4,7H2,1-3H3,(H,27,31). The Kier molecular flexibility index (Phi) is 6.06. The average Bonchev–Trinajstić information content (AvgIpc) is 3.06. The minimum atomic E-state index is -0.142. The molecule has 0 bridgehead atoms. The number of para-hydroxylation sites is 1. The van der Waals surface area contributed by atoms with Crippen LogP contribution in [0, 0.1) is 6.92 Å². The Labute approximate surface area is 191 Å². The van der Waals surface area contributed by atoms with Crippen LogP contribution in [-0.2, 0) is 6.42 Å². The van der Waals surface area contributed by atoms with Crippen molar-refractivity contribution < 1.29 is 4.79 Å². The number of halogens is 1. The zero-order chi connectivity index (χ0) is 22.8. The van der Waals surface area contributed by atoms with Gasteiger partial charge in [-0.25, -0.2) is 4.68 Å². The molecule has 0 unspecified atom stereocenters. The molecule has 2 N–H and O–H groups in total. The SMILES string of the molecule is CCCc1c(=O)n(-c2ccccc2Cl)n2ccc(Nc3cc(C(=O)NC)ccc3C)cc12. The van der Waals surface area contributed by atoms with Crippen LogP contribution < -0.4 is 16.2 Å². The molecule has 2 aromatic heterocycles. The van der Waals surface area contributed by atoms with Gasteiger partial charge in [0.2, 0.25) is 0 Å². The molecule has 0 aliphatic heterocycles. The maximum atomic E-state index is 13.3. The van der Waals surface area contributed by atoms with E-state index < -0.39 is 0 Å². The van der Waals surface area contributed by atoms with E-state index in [0.29, 0.717) is 22.7 Å². The lowest BCUT2D eigenvalue weighted by Crippen LogP contribution is -2.19. The average molecular weight is 449 g/mol. The topological polar surface area (TPSA) is 67.5 Å². The number of pyridine rings is 1. The summed E-state index contributed by atoms with van der Waals surface area (Å²) in [6.07, 6.45) is 3.37.